The topological polar surface area (TPSA) is 112 Å². The molecule has 4 rings (SSSR count). The maximum absolute atomic E-state index is 13.5. The Morgan fingerprint density at radius 3 is 2.38 bits per heavy atom. The maximum atomic E-state index is 13.5. The van der Waals surface area contributed by atoms with E-state index < -0.39 is 15.6 Å². The van der Waals surface area contributed by atoms with E-state index in [9.17, 15) is 13.2 Å². The number of halogens is 1. The van der Waals surface area contributed by atoms with Gasteiger partial charge in [0.15, 0.2) is 0 Å². The molecule has 0 fully saturated rings. The second-order valence-corrected chi connectivity index (χ2v) is 12.6. The number of anilines is 1. The van der Waals surface area contributed by atoms with Crippen LogP contribution in [0.3, 0.4) is 0 Å². The Morgan fingerprint density at radius 1 is 1.03 bits per heavy atom. The molecular weight excluding hydrogens is 534 g/mol. The van der Waals surface area contributed by atoms with E-state index in [0.717, 1.165) is 24.0 Å². The summed E-state index contributed by atoms with van der Waals surface area (Å²) in [5.74, 6) is 0.661. The van der Waals surface area contributed by atoms with Crippen LogP contribution in [0.4, 0.5) is 5.69 Å². The van der Waals surface area contributed by atoms with Crippen LogP contribution in [0.15, 0.2) is 76.4 Å². The zero-order valence-electron chi connectivity index (χ0n) is 22.6. The second-order valence-electron chi connectivity index (χ2n) is 10.6. The lowest BCUT2D eigenvalue weighted by atomic mass is 10.0. The van der Waals surface area contributed by atoms with Crippen molar-refractivity contribution in [2.24, 2.45) is 0 Å². The Kier molecular flexibility index (Phi) is 8.34. The standard InChI is InChI=1S/C29H34ClN5O3S/c1-5-6-11-27-32-35(25-18-22(31)16-17-24(25)30)28(36)34(27)19-20-12-14-21(15-13-20)23-9-7-8-10-26(23)39(37,38)33-29(2,3)4/h7-10,12-18,33H,5-6,11,19,31H2,1-4H3. The third kappa shape index (κ3) is 6.61. The van der Waals surface area contributed by atoms with Crippen LogP contribution in [0.25, 0.3) is 16.8 Å². The number of aromatic nitrogens is 3. The number of hydrogen-bond acceptors (Lipinski definition) is 5. The fraction of sp³-hybridized carbons (Fsp3) is 0.310. The van der Waals surface area contributed by atoms with Crippen molar-refractivity contribution in [2.45, 2.75) is 63.9 Å². The summed E-state index contributed by atoms with van der Waals surface area (Å²) in [6, 6.07) is 19.4. The molecule has 0 radical (unpaired) electrons. The number of nitrogen functional groups attached to an aromatic ring is 1. The van der Waals surface area contributed by atoms with Crippen LogP contribution < -0.4 is 16.1 Å². The van der Waals surface area contributed by atoms with Crippen molar-refractivity contribution in [1.82, 2.24) is 19.1 Å². The number of hydrogen-bond donors (Lipinski definition) is 2. The summed E-state index contributed by atoms with van der Waals surface area (Å²) in [7, 11) is -3.73. The third-order valence-corrected chi connectivity index (χ3v) is 8.25. The molecule has 0 aliphatic carbocycles. The Labute approximate surface area is 234 Å². The second kappa shape index (κ2) is 11.4. The molecule has 0 spiro atoms. The van der Waals surface area contributed by atoms with Crippen LogP contribution in [-0.2, 0) is 23.0 Å². The minimum atomic E-state index is -3.73. The van der Waals surface area contributed by atoms with Gasteiger partial charge in [-0.2, -0.15) is 4.68 Å². The van der Waals surface area contributed by atoms with E-state index in [1.54, 1.807) is 41.0 Å². The van der Waals surface area contributed by atoms with Crippen LogP contribution in [0.5, 0.6) is 0 Å². The molecule has 39 heavy (non-hydrogen) atoms. The largest absolute Gasteiger partial charge is 0.399 e. The van der Waals surface area contributed by atoms with E-state index in [2.05, 4.69) is 16.7 Å². The molecule has 0 aliphatic heterocycles. The zero-order valence-corrected chi connectivity index (χ0v) is 24.2. The van der Waals surface area contributed by atoms with Gasteiger partial charge in [0, 0.05) is 23.2 Å². The molecule has 0 amide bonds. The monoisotopic (exact) mass is 567 g/mol. The molecule has 0 atom stereocenters. The summed E-state index contributed by atoms with van der Waals surface area (Å²) in [4.78, 5) is 13.7. The SMILES string of the molecule is CCCCc1nn(-c2cc(N)ccc2Cl)c(=O)n1Cc1ccc(-c2ccccc2S(=O)(=O)NC(C)(C)C)cc1. The number of nitrogens with one attached hydrogen (secondary N) is 1. The smallest absolute Gasteiger partial charge is 0.351 e. The van der Waals surface area contributed by atoms with Gasteiger partial charge in [-0.05, 0) is 62.6 Å². The Hall–Kier alpha value is -3.40. The van der Waals surface area contributed by atoms with Gasteiger partial charge in [-0.3, -0.25) is 4.57 Å². The van der Waals surface area contributed by atoms with Crippen LogP contribution >= 0.6 is 11.6 Å². The van der Waals surface area contributed by atoms with Crippen molar-refractivity contribution in [3.8, 4) is 16.8 Å². The van der Waals surface area contributed by atoms with E-state index in [4.69, 9.17) is 17.3 Å². The normalized spacial score (nSPS) is 12.1. The van der Waals surface area contributed by atoms with Gasteiger partial charge in [-0.25, -0.2) is 17.9 Å². The molecule has 206 valence electrons. The summed E-state index contributed by atoms with van der Waals surface area (Å²) < 4.78 is 31.9. The highest BCUT2D eigenvalue weighted by atomic mass is 35.5. The summed E-state index contributed by atoms with van der Waals surface area (Å²) in [6.07, 6.45) is 2.48. The van der Waals surface area contributed by atoms with Gasteiger partial charge in [0.25, 0.3) is 0 Å². The highest BCUT2D eigenvalue weighted by Crippen LogP contribution is 2.28. The molecule has 0 bridgehead atoms. The molecule has 3 aromatic carbocycles. The third-order valence-electron chi connectivity index (χ3n) is 6.11. The Bertz CT molecular complexity index is 1630. The van der Waals surface area contributed by atoms with Crippen molar-refractivity contribution >= 4 is 27.3 Å². The average Bonchev–Trinajstić information content (AvgIpc) is 3.18. The van der Waals surface area contributed by atoms with Gasteiger partial charge >= 0.3 is 5.69 Å². The fourth-order valence-corrected chi connectivity index (χ4v) is 6.18. The summed E-state index contributed by atoms with van der Waals surface area (Å²) >= 11 is 6.37. The lowest BCUT2D eigenvalue weighted by Crippen LogP contribution is -2.40. The molecule has 8 nitrogen and oxygen atoms in total. The van der Waals surface area contributed by atoms with E-state index in [1.807, 2.05) is 51.1 Å². The van der Waals surface area contributed by atoms with Crippen LogP contribution in [-0.4, -0.2) is 28.3 Å². The quantitative estimate of drug-likeness (QED) is 0.263. The Morgan fingerprint density at radius 2 is 1.72 bits per heavy atom. The molecule has 0 aliphatic rings. The molecule has 3 N–H and O–H groups in total. The predicted octanol–water partition coefficient (Wildman–Crippen LogP) is 5.40. The number of sulfonamides is 1. The van der Waals surface area contributed by atoms with Gasteiger partial charge in [-0.1, -0.05) is 67.4 Å². The minimum absolute atomic E-state index is 0.214. The Balaban J connectivity index is 1.69. The molecule has 0 saturated heterocycles. The van der Waals surface area contributed by atoms with Crippen molar-refractivity contribution in [3.05, 3.63) is 93.6 Å². The first kappa shape index (κ1) is 28.6. The van der Waals surface area contributed by atoms with Gasteiger partial charge in [-0.15, -0.1) is 5.10 Å². The lowest BCUT2D eigenvalue weighted by Gasteiger charge is -2.21. The summed E-state index contributed by atoms with van der Waals surface area (Å²) in [6.45, 7) is 7.82. The first-order chi connectivity index (χ1) is 18.4. The first-order valence-corrected chi connectivity index (χ1v) is 14.7. The molecule has 0 saturated carbocycles. The van der Waals surface area contributed by atoms with Crippen LogP contribution in [0.1, 0.15) is 51.9 Å². The predicted molar refractivity (Wildman–Crippen MR) is 157 cm³/mol. The molecule has 1 heterocycles. The van der Waals surface area contributed by atoms with E-state index >= 15 is 0 Å². The van der Waals surface area contributed by atoms with Crippen molar-refractivity contribution in [2.75, 3.05) is 5.73 Å². The number of nitrogens with two attached hydrogens (primary N) is 1. The highest BCUT2D eigenvalue weighted by molar-refractivity contribution is 7.89. The van der Waals surface area contributed by atoms with Gasteiger partial charge in [0.2, 0.25) is 10.0 Å². The average molecular weight is 568 g/mol. The summed E-state index contributed by atoms with van der Waals surface area (Å²) in [5, 5.41) is 4.99. The summed E-state index contributed by atoms with van der Waals surface area (Å²) in [5.41, 5.74) is 8.20. The van der Waals surface area contributed by atoms with Crippen molar-refractivity contribution in [3.63, 3.8) is 0 Å². The molecular formula is C29H34ClN5O3S. The first-order valence-electron chi connectivity index (χ1n) is 12.9. The zero-order chi connectivity index (χ0) is 28.4. The number of nitrogens with zero attached hydrogens (tertiary/aromatic N) is 3. The number of aryl methyl sites for hydroxylation is 1. The molecule has 4 aromatic rings. The minimum Gasteiger partial charge on any atom is -0.399 e. The highest BCUT2D eigenvalue weighted by Gasteiger charge is 2.25. The lowest BCUT2D eigenvalue weighted by molar-refractivity contribution is 0.491. The van der Waals surface area contributed by atoms with Crippen LogP contribution in [0.2, 0.25) is 5.02 Å². The molecule has 1 aromatic heterocycles. The van der Waals surface area contributed by atoms with Gasteiger partial charge in [0.1, 0.15) is 5.82 Å². The van der Waals surface area contributed by atoms with Crippen LogP contribution in [0, 0.1) is 0 Å². The van der Waals surface area contributed by atoms with Crippen molar-refractivity contribution in [1.29, 1.82) is 0 Å². The van der Waals surface area contributed by atoms with Crippen molar-refractivity contribution < 1.29 is 8.42 Å². The van der Waals surface area contributed by atoms with Gasteiger partial charge < -0.3 is 5.73 Å². The number of benzene rings is 3. The number of rotatable bonds is 9. The van der Waals surface area contributed by atoms with E-state index in [0.29, 0.717) is 40.8 Å². The van der Waals surface area contributed by atoms with Gasteiger partial charge in [0.05, 0.1) is 22.2 Å². The number of unbranched alkanes of at least 4 members (excludes halogenated alkanes) is 1. The maximum Gasteiger partial charge on any atom is 0.351 e. The fourth-order valence-electron chi connectivity index (χ4n) is 4.33. The molecule has 0 unspecified atom stereocenters. The molecule has 10 heteroatoms. The van der Waals surface area contributed by atoms with E-state index in [-0.39, 0.29) is 10.6 Å². The van der Waals surface area contributed by atoms with E-state index in [1.165, 1.54) is 4.68 Å².